The summed E-state index contributed by atoms with van der Waals surface area (Å²) in [6.07, 6.45) is -1.04. The van der Waals surface area contributed by atoms with Crippen molar-refractivity contribution in [1.29, 1.82) is 0 Å². The van der Waals surface area contributed by atoms with Crippen LogP contribution < -0.4 is 0 Å². The zero-order valence-corrected chi connectivity index (χ0v) is 5.71. The van der Waals surface area contributed by atoms with Crippen molar-refractivity contribution in [2.45, 2.75) is 19.1 Å². The number of alkyl halides is 1. The van der Waals surface area contributed by atoms with Gasteiger partial charge in [-0.25, -0.2) is 0 Å². The van der Waals surface area contributed by atoms with Gasteiger partial charge in [-0.1, -0.05) is 0 Å². The molecule has 54 valence electrons. The lowest BCUT2D eigenvalue weighted by Crippen LogP contribution is -2.31. The van der Waals surface area contributed by atoms with Crippen LogP contribution in [-0.2, 0) is 0 Å². The third-order valence-electron chi connectivity index (χ3n) is 1.05. The number of rotatable bonds is 3. The quantitative estimate of drug-likeness (QED) is 0.359. The number of halogens is 1. The molecule has 0 fully saturated rings. The lowest BCUT2D eigenvalue weighted by atomic mass is 10.2. The van der Waals surface area contributed by atoms with Gasteiger partial charge in [-0.3, -0.25) is 10.1 Å². The van der Waals surface area contributed by atoms with Crippen LogP contribution in [0.1, 0.15) is 6.92 Å². The van der Waals surface area contributed by atoms with Gasteiger partial charge in [0.1, 0.15) is 6.10 Å². The molecule has 0 aromatic carbocycles. The molecule has 9 heavy (non-hydrogen) atoms. The molecule has 0 saturated heterocycles. The summed E-state index contributed by atoms with van der Waals surface area (Å²) in [5, 5.41) is 18.6. The molecule has 2 unspecified atom stereocenters. The van der Waals surface area contributed by atoms with Gasteiger partial charge in [0.2, 0.25) is 6.04 Å². The summed E-state index contributed by atoms with van der Waals surface area (Å²) >= 11 is 5.14. The van der Waals surface area contributed by atoms with Gasteiger partial charge >= 0.3 is 0 Å². The lowest BCUT2D eigenvalue weighted by molar-refractivity contribution is -0.528. The third kappa shape index (κ3) is 2.62. The number of aliphatic hydroxyl groups excluding tert-OH is 1. The average molecular weight is 154 g/mol. The number of aliphatic hydroxyl groups is 1. The van der Waals surface area contributed by atoms with E-state index >= 15 is 0 Å². The van der Waals surface area contributed by atoms with Gasteiger partial charge in [0.15, 0.2) is 0 Å². The number of hydrogen-bond donors (Lipinski definition) is 1. The molecule has 0 aliphatic rings. The fourth-order valence-corrected chi connectivity index (χ4v) is 0.527. The SMILES string of the molecule is CC(C(O)CCl)[N+](=O)[O-]. The Morgan fingerprint density at radius 2 is 2.33 bits per heavy atom. The highest BCUT2D eigenvalue weighted by Crippen LogP contribution is 1.98. The van der Waals surface area contributed by atoms with Crippen molar-refractivity contribution >= 4 is 11.6 Å². The van der Waals surface area contributed by atoms with Gasteiger partial charge in [0.25, 0.3) is 0 Å². The van der Waals surface area contributed by atoms with Crippen molar-refractivity contribution in [3.05, 3.63) is 10.1 Å². The van der Waals surface area contributed by atoms with E-state index in [0.717, 1.165) is 0 Å². The van der Waals surface area contributed by atoms with Gasteiger partial charge in [-0.2, -0.15) is 0 Å². The molecule has 0 aromatic heterocycles. The Bertz CT molecular complexity index is 108. The molecule has 4 nitrogen and oxygen atoms in total. The molecule has 0 radical (unpaired) electrons. The van der Waals surface area contributed by atoms with Gasteiger partial charge in [-0.15, -0.1) is 11.6 Å². The molecule has 0 aromatic rings. The monoisotopic (exact) mass is 153 g/mol. The third-order valence-corrected chi connectivity index (χ3v) is 1.36. The zero-order valence-electron chi connectivity index (χ0n) is 4.95. The predicted molar refractivity (Wildman–Crippen MR) is 33.2 cm³/mol. The van der Waals surface area contributed by atoms with E-state index in [0.29, 0.717) is 0 Å². The maximum Gasteiger partial charge on any atom is 0.237 e. The number of hydrogen-bond acceptors (Lipinski definition) is 3. The zero-order chi connectivity index (χ0) is 7.44. The first-order valence-corrected chi connectivity index (χ1v) is 3.00. The summed E-state index contributed by atoms with van der Waals surface area (Å²) < 4.78 is 0. The highest BCUT2D eigenvalue weighted by Gasteiger charge is 2.22. The van der Waals surface area contributed by atoms with Crippen LogP contribution in [0.2, 0.25) is 0 Å². The van der Waals surface area contributed by atoms with Crippen molar-refractivity contribution in [2.75, 3.05) is 5.88 Å². The smallest absolute Gasteiger partial charge is 0.237 e. The largest absolute Gasteiger partial charge is 0.385 e. The van der Waals surface area contributed by atoms with Gasteiger partial charge < -0.3 is 5.11 Å². The predicted octanol–water partition coefficient (Wildman–Crippen LogP) is 0.251. The van der Waals surface area contributed by atoms with E-state index in [1.165, 1.54) is 6.92 Å². The van der Waals surface area contributed by atoms with Crippen LogP contribution in [0.5, 0.6) is 0 Å². The van der Waals surface area contributed by atoms with Gasteiger partial charge in [0, 0.05) is 11.8 Å². The minimum Gasteiger partial charge on any atom is -0.385 e. The van der Waals surface area contributed by atoms with Crippen LogP contribution in [0.25, 0.3) is 0 Å². The summed E-state index contributed by atoms with van der Waals surface area (Å²) in [4.78, 5) is 9.32. The molecular formula is C4H8ClNO3. The van der Waals surface area contributed by atoms with E-state index in [2.05, 4.69) is 0 Å². The molecule has 0 aliphatic heterocycles. The Balaban J connectivity index is 3.72. The van der Waals surface area contributed by atoms with Crippen LogP contribution in [0.15, 0.2) is 0 Å². The Morgan fingerprint density at radius 3 is 2.44 bits per heavy atom. The van der Waals surface area contributed by atoms with E-state index in [4.69, 9.17) is 16.7 Å². The van der Waals surface area contributed by atoms with Crippen LogP contribution in [0.3, 0.4) is 0 Å². The maximum absolute atomic E-state index is 9.89. The minimum absolute atomic E-state index is 0.0951. The van der Waals surface area contributed by atoms with Crippen molar-refractivity contribution in [2.24, 2.45) is 0 Å². The van der Waals surface area contributed by atoms with Crippen molar-refractivity contribution in [3.63, 3.8) is 0 Å². The Labute approximate surface area is 57.6 Å². The van der Waals surface area contributed by atoms with Crippen LogP contribution in [0, 0.1) is 10.1 Å². The van der Waals surface area contributed by atoms with Gasteiger partial charge in [-0.05, 0) is 0 Å². The molecule has 0 heterocycles. The van der Waals surface area contributed by atoms with E-state index in [-0.39, 0.29) is 5.88 Å². The molecule has 1 N–H and O–H groups in total. The second-order valence-corrected chi connectivity index (χ2v) is 2.06. The number of nitro groups is 1. The molecule has 5 heteroatoms. The maximum atomic E-state index is 9.89. The molecule has 0 rings (SSSR count). The van der Waals surface area contributed by atoms with Crippen LogP contribution >= 0.6 is 11.6 Å². The summed E-state index contributed by atoms with van der Waals surface area (Å²) in [6.45, 7) is 1.31. The summed E-state index contributed by atoms with van der Waals surface area (Å²) in [5.41, 5.74) is 0. The normalized spacial score (nSPS) is 16.8. The van der Waals surface area contributed by atoms with Crippen molar-refractivity contribution < 1.29 is 10.0 Å². The summed E-state index contributed by atoms with van der Waals surface area (Å²) in [7, 11) is 0. The van der Waals surface area contributed by atoms with Crippen molar-refractivity contribution in [1.82, 2.24) is 0 Å². The van der Waals surface area contributed by atoms with E-state index in [1.807, 2.05) is 0 Å². The summed E-state index contributed by atoms with van der Waals surface area (Å²) in [5.74, 6) is -0.0951. The molecule has 0 amide bonds. The molecule has 0 bridgehead atoms. The highest BCUT2D eigenvalue weighted by molar-refractivity contribution is 6.18. The van der Waals surface area contributed by atoms with Gasteiger partial charge in [0.05, 0.1) is 5.88 Å². The highest BCUT2D eigenvalue weighted by atomic mass is 35.5. The second-order valence-electron chi connectivity index (χ2n) is 1.75. The Morgan fingerprint density at radius 1 is 1.89 bits per heavy atom. The first-order chi connectivity index (χ1) is 4.09. The topological polar surface area (TPSA) is 63.4 Å². The van der Waals surface area contributed by atoms with Crippen molar-refractivity contribution in [3.8, 4) is 0 Å². The molecule has 2 atom stereocenters. The molecule has 0 saturated carbocycles. The van der Waals surface area contributed by atoms with E-state index in [9.17, 15) is 10.1 Å². The van der Waals surface area contributed by atoms with E-state index < -0.39 is 17.1 Å². The standard InChI is InChI=1S/C4H8ClNO3/c1-3(6(8)9)4(7)2-5/h3-4,7H,2H2,1H3. The van der Waals surface area contributed by atoms with Crippen LogP contribution in [-0.4, -0.2) is 28.1 Å². The Kier molecular flexibility index (Phi) is 3.49. The molecule has 0 spiro atoms. The average Bonchev–Trinajstić information content (AvgIpc) is 1.84. The first kappa shape index (κ1) is 8.65. The summed E-state index contributed by atoms with van der Waals surface area (Å²) in [6, 6.07) is -0.970. The minimum atomic E-state index is -1.04. The molecule has 0 aliphatic carbocycles. The number of nitrogens with zero attached hydrogens (tertiary/aromatic N) is 1. The lowest BCUT2D eigenvalue weighted by Gasteiger charge is -2.06. The second kappa shape index (κ2) is 3.63. The first-order valence-electron chi connectivity index (χ1n) is 2.47. The van der Waals surface area contributed by atoms with E-state index in [1.54, 1.807) is 0 Å². The van der Waals surface area contributed by atoms with Crippen LogP contribution in [0.4, 0.5) is 0 Å². The fourth-order valence-electron chi connectivity index (χ4n) is 0.269. The fraction of sp³-hybridized carbons (Fsp3) is 1.00. The molecular weight excluding hydrogens is 146 g/mol. The Hall–Kier alpha value is -0.350.